The van der Waals surface area contributed by atoms with Crippen molar-refractivity contribution in [1.82, 2.24) is 15.0 Å². The lowest BCUT2D eigenvalue weighted by Crippen LogP contribution is -2.35. The van der Waals surface area contributed by atoms with Gasteiger partial charge in [0.05, 0.1) is 13.7 Å². The van der Waals surface area contributed by atoms with E-state index in [9.17, 15) is 0 Å². The molecule has 0 bridgehead atoms. The Hall–Kier alpha value is -2.51. The van der Waals surface area contributed by atoms with E-state index >= 15 is 0 Å². The minimum Gasteiger partial charge on any atom is -0.497 e. The van der Waals surface area contributed by atoms with E-state index in [-0.39, 0.29) is 0 Å². The Labute approximate surface area is 162 Å². The number of ether oxygens (including phenoxy) is 1. The van der Waals surface area contributed by atoms with Crippen molar-refractivity contribution in [1.29, 1.82) is 0 Å². The highest BCUT2D eigenvalue weighted by molar-refractivity contribution is 7.15. The fraction of sp³-hybridized carbons (Fsp3) is 0.350. The first-order valence-corrected chi connectivity index (χ1v) is 9.86. The predicted octanol–water partition coefficient (Wildman–Crippen LogP) is 3.73. The lowest BCUT2D eigenvalue weighted by Gasteiger charge is -2.32. The van der Waals surface area contributed by atoms with Crippen molar-refractivity contribution in [2.75, 3.05) is 12.4 Å². The summed E-state index contributed by atoms with van der Waals surface area (Å²) in [6.45, 7) is 2.61. The van der Waals surface area contributed by atoms with Gasteiger partial charge in [-0.05, 0) is 31.9 Å². The third-order valence-corrected chi connectivity index (χ3v) is 5.81. The first kappa shape index (κ1) is 17.9. The Balaban J connectivity index is 1.44. The van der Waals surface area contributed by atoms with Crippen LogP contribution in [0.2, 0.25) is 0 Å². The maximum atomic E-state index is 5.91. The average molecular weight is 382 g/mol. The molecule has 6 nitrogen and oxygen atoms in total. The molecule has 1 saturated carbocycles. The Kier molecular flexibility index (Phi) is 5.05. The van der Waals surface area contributed by atoms with Crippen molar-refractivity contribution < 1.29 is 4.74 Å². The van der Waals surface area contributed by atoms with Gasteiger partial charge in [0.1, 0.15) is 22.4 Å². The van der Waals surface area contributed by atoms with Gasteiger partial charge in [-0.1, -0.05) is 12.1 Å². The minimum absolute atomic E-state index is 0.314. The normalized spacial score (nSPS) is 18.8. The molecule has 27 heavy (non-hydrogen) atoms. The molecule has 1 aliphatic carbocycles. The second-order valence-corrected chi connectivity index (χ2v) is 7.99. The van der Waals surface area contributed by atoms with Crippen LogP contribution >= 0.6 is 11.3 Å². The molecule has 7 heteroatoms. The molecule has 4 rings (SSSR count). The fourth-order valence-corrected chi connectivity index (χ4v) is 4.10. The van der Waals surface area contributed by atoms with Crippen LogP contribution in [0.25, 0.3) is 10.6 Å². The first-order valence-electron chi connectivity index (χ1n) is 9.05. The molecule has 2 heterocycles. The van der Waals surface area contributed by atoms with Crippen molar-refractivity contribution in [2.24, 2.45) is 5.73 Å². The summed E-state index contributed by atoms with van der Waals surface area (Å²) in [4.78, 5) is 14.8. The molecule has 140 valence electrons. The van der Waals surface area contributed by atoms with Crippen molar-refractivity contribution in [3.05, 3.63) is 52.9 Å². The summed E-state index contributed by atoms with van der Waals surface area (Å²) in [5.41, 5.74) is 8.07. The molecule has 0 radical (unpaired) electrons. The molecular formula is C20H23N5OS. The zero-order chi connectivity index (χ0) is 18.8. The fourth-order valence-electron chi connectivity index (χ4n) is 3.25. The standard InChI is InChI=1S/C20H23N5OS/c1-12-24-18(14-6-15(21)7-14)9-19(25-12)22-10-17-11-23-20(27-17)13-4-3-5-16(8-13)26-2/h3-5,8-9,11,14-15H,6-7,10,21H2,1-2H3,(H,22,24,25). The highest BCUT2D eigenvalue weighted by Crippen LogP contribution is 2.35. The molecule has 0 aliphatic heterocycles. The van der Waals surface area contributed by atoms with Gasteiger partial charge in [0.15, 0.2) is 0 Å². The quantitative estimate of drug-likeness (QED) is 0.677. The summed E-state index contributed by atoms with van der Waals surface area (Å²) in [6, 6.07) is 10.3. The van der Waals surface area contributed by atoms with E-state index in [0.29, 0.717) is 18.5 Å². The summed E-state index contributed by atoms with van der Waals surface area (Å²) in [5.74, 6) is 2.94. The van der Waals surface area contributed by atoms with Crippen LogP contribution in [0.5, 0.6) is 5.75 Å². The summed E-state index contributed by atoms with van der Waals surface area (Å²) < 4.78 is 5.29. The largest absolute Gasteiger partial charge is 0.497 e. The van der Waals surface area contributed by atoms with E-state index in [4.69, 9.17) is 10.5 Å². The topological polar surface area (TPSA) is 86.0 Å². The Bertz CT molecular complexity index is 936. The summed E-state index contributed by atoms with van der Waals surface area (Å²) in [5, 5.41) is 4.39. The van der Waals surface area contributed by atoms with E-state index in [1.807, 2.05) is 43.5 Å². The number of methoxy groups -OCH3 is 1. The molecule has 3 aromatic rings. The van der Waals surface area contributed by atoms with E-state index in [0.717, 1.165) is 51.4 Å². The number of hydrogen-bond acceptors (Lipinski definition) is 7. The lowest BCUT2D eigenvalue weighted by atomic mass is 9.78. The number of nitrogens with zero attached hydrogens (tertiary/aromatic N) is 3. The zero-order valence-corrected chi connectivity index (χ0v) is 16.3. The molecule has 1 aliphatic rings. The summed E-state index contributed by atoms with van der Waals surface area (Å²) in [7, 11) is 1.67. The smallest absolute Gasteiger partial charge is 0.130 e. The molecular weight excluding hydrogens is 358 g/mol. The number of aryl methyl sites for hydroxylation is 1. The van der Waals surface area contributed by atoms with Crippen LogP contribution < -0.4 is 15.8 Å². The van der Waals surface area contributed by atoms with Crippen LogP contribution in [0.15, 0.2) is 36.5 Å². The van der Waals surface area contributed by atoms with E-state index in [1.54, 1.807) is 18.4 Å². The number of nitrogens with one attached hydrogen (secondary N) is 1. The van der Waals surface area contributed by atoms with Gasteiger partial charge < -0.3 is 15.8 Å². The van der Waals surface area contributed by atoms with Gasteiger partial charge in [-0.25, -0.2) is 15.0 Å². The van der Waals surface area contributed by atoms with Gasteiger partial charge in [-0.15, -0.1) is 11.3 Å². The van der Waals surface area contributed by atoms with E-state index in [1.165, 1.54) is 0 Å². The molecule has 0 amide bonds. The third-order valence-electron chi connectivity index (χ3n) is 4.76. The highest BCUT2D eigenvalue weighted by Gasteiger charge is 2.28. The second-order valence-electron chi connectivity index (χ2n) is 6.87. The number of rotatable bonds is 6. The van der Waals surface area contributed by atoms with Crippen LogP contribution in [0.1, 0.15) is 35.2 Å². The van der Waals surface area contributed by atoms with Gasteiger partial charge in [0.2, 0.25) is 0 Å². The van der Waals surface area contributed by atoms with Crippen LogP contribution in [0.3, 0.4) is 0 Å². The van der Waals surface area contributed by atoms with Crippen molar-refractivity contribution in [3.8, 4) is 16.3 Å². The van der Waals surface area contributed by atoms with Crippen LogP contribution in [-0.2, 0) is 6.54 Å². The number of anilines is 1. The third kappa shape index (κ3) is 4.09. The van der Waals surface area contributed by atoms with Gasteiger partial charge in [0.25, 0.3) is 0 Å². The zero-order valence-electron chi connectivity index (χ0n) is 15.5. The number of benzene rings is 1. The number of thiazole rings is 1. The predicted molar refractivity (Wildman–Crippen MR) is 108 cm³/mol. The Morgan fingerprint density at radius 2 is 2.11 bits per heavy atom. The van der Waals surface area contributed by atoms with E-state index in [2.05, 4.69) is 20.3 Å². The van der Waals surface area contributed by atoms with Crippen LogP contribution in [0, 0.1) is 6.92 Å². The highest BCUT2D eigenvalue weighted by atomic mass is 32.1. The van der Waals surface area contributed by atoms with Crippen LogP contribution in [-0.4, -0.2) is 28.1 Å². The molecule has 1 fully saturated rings. The number of nitrogens with two attached hydrogens (primary N) is 1. The molecule has 0 atom stereocenters. The molecule has 0 saturated heterocycles. The van der Waals surface area contributed by atoms with Gasteiger partial charge in [-0.3, -0.25) is 0 Å². The molecule has 0 unspecified atom stereocenters. The Morgan fingerprint density at radius 1 is 1.26 bits per heavy atom. The van der Waals surface area contributed by atoms with Crippen molar-refractivity contribution >= 4 is 17.2 Å². The average Bonchev–Trinajstić information content (AvgIpc) is 3.12. The molecule has 3 N–H and O–H groups in total. The minimum atomic E-state index is 0.314. The molecule has 2 aromatic heterocycles. The van der Waals surface area contributed by atoms with Gasteiger partial charge in [0, 0.05) is 40.4 Å². The monoisotopic (exact) mass is 381 g/mol. The summed E-state index contributed by atoms with van der Waals surface area (Å²) in [6.07, 6.45) is 3.93. The van der Waals surface area contributed by atoms with Crippen molar-refractivity contribution in [3.63, 3.8) is 0 Å². The maximum Gasteiger partial charge on any atom is 0.130 e. The first-order chi connectivity index (χ1) is 13.1. The van der Waals surface area contributed by atoms with E-state index < -0.39 is 0 Å². The molecule has 0 spiro atoms. The number of hydrogen-bond donors (Lipinski definition) is 2. The summed E-state index contributed by atoms with van der Waals surface area (Å²) >= 11 is 1.67. The van der Waals surface area contributed by atoms with Crippen LogP contribution in [0.4, 0.5) is 5.82 Å². The molecule has 1 aromatic carbocycles. The second kappa shape index (κ2) is 7.62. The Morgan fingerprint density at radius 3 is 2.89 bits per heavy atom. The SMILES string of the molecule is COc1cccc(-c2ncc(CNc3cc(C4CC(N)C4)nc(C)n3)s2)c1. The lowest BCUT2D eigenvalue weighted by molar-refractivity contribution is 0.344. The maximum absolute atomic E-state index is 5.91. The van der Waals surface area contributed by atoms with Gasteiger partial charge >= 0.3 is 0 Å². The van der Waals surface area contributed by atoms with Crippen molar-refractivity contribution in [2.45, 2.75) is 38.3 Å². The van der Waals surface area contributed by atoms with Gasteiger partial charge in [-0.2, -0.15) is 0 Å². The number of aromatic nitrogens is 3.